The Labute approximate surface area is 94.1 Å². The first-order chi connectivity index (χ1) is 7.58. The van der Waals surface area contributed by atoms with E-state index >= 15 is 0 Å². The number of carbonyl (C=O) groups excluding carboxylic acids is 3. The van der Waals surface area contributed by atoms with E-state index in [1.807, 2.05) is 0 Å². The third kappa shape index (κ3) is 2.83. The first-order valence-electron chi connectivity index (χ1n) is 4.59. The molecule has 0 bridgehead atoms. The minimum atomic E-state index is -1.64. The lowest BCUT2D eigenvalue weighted by molar-refractivity contribution is -0.169. The van der Waals surface area contributed by atoms with Crippen LogP contribution in [0.5, 0.6) is 0 Å². The number of rotatable bonds is 5. The highest BCUT2D eigenvalue weighted by atomic mass is 16.5. The highest BCUT2D eigenvalue weighted by Gasteiger charge is 2.47. The van der Waals surface area contributed by atoms with Gasteiger partial charge in [0.1, 0.15) is 6.29 Å². The van der Waals surface area contributed by atoms with Gasteiger partial charge in [0.2, 0.25) is 0 Å². The molecule has 0 heterocycles. The van der Waals surface area contributed by atoms with Crippen LogP contribution in [0, 0.1) is 17.3 Å². The topological polar surface area (TPSA) is 69.7 Å². The van der Waals surface area contributed by atoms with E-state index in [1.54, 1.807) is 6.92 Å². The van der Waals surface area contributed by atoms with Crippen molar-refractivity contribution in [1.82, 2.24) is 0 Å². The van der Waals surface area contributed by atoms with E-state index in [2.05, 4.69) is 21.3 Å². The molecule has 0 aromatic carbocycles. The van der Waals surface area contributed by atoms with Gasteiger partial charge in [-0.1, -0.05) is 0 Å². The van der Waals surface area contributed by atoms with Crippen LogP contribution in [-0.4, -0.2) is 32.4 Å². The lowest BCUT2D eigenvalue weighted by Gasteiger charge is -2.23. The van der Waals surface area contributed by atoms with Crippen molar-refractivity contribution >= 4 is 18.2 Å². The lowest BCUT2D eigenvalue weighted by atomic mass is 9.81. The maximum atomic E-state index is 11.6. The molecule has 0 fully saturated rings. The number of hydrogen-bond donors (Lipinski definition) is 0. The zero-order chi connectivity index (χ0) is 12.6. The van der Waals surface area contributed by atoms with Crippen LogP contribution in [-0.2, 0) is 23.9 Å². The highest BCUT2D eigenvalue weighted by molar-refractivity contribution is 6.02. The van der Waals surface area contributed by atoms with Gasteiger partial charge in [-0.2, -0.15) is 0 Å². The predicted octanol–water partition coefficient (Wildman–Crippen LogP) is 0.321. The van der Waals surface area contributed by atoms with Crippen molar-refractivity contribution in [1.29, 1.82) is 0 Å². The Morgan fingerprint density at radius 1 is 1.25 bits per heavy atom. The molecular formula is C11H14O5. The Hall–Kier alpha value is -1.83. The summed E-state index contributed by atoms with van der Waals surface area (Å²) in [6, 6.07) is 0. The van der Waals surface area contributed by atoms with E-state index in [9.17, 15) is 14.4 Å². The summed E-state index contributed by atoms with van der Waals surface area (Å²) >= 11 is 0. The Balaban J connectivity index is 5.32. The van der Waals surface area contributed by atoms with Crippen molar-refractivity contribution in [2.45, 2.75) is 19.8 Å². The van der Waals surface area contributed by atoms with Gasteiger partial charge in [0.05, 0.1) is 14.2 Å². The van der Waals surface area contributed by atoms with Gasteiger partial charge in [-0.25, -0.2) is 0 Å². The first kappa shape index (κ1) is 14.2. The third-order valence-electron chi connectivity index (χ3n) is 2.15. The summed E-state index contributed by atoms with van der Waals surface area (Å²) in [7, 11) is 2.29. The van der Waals surface area contributed by atoms with E-state index < -0.39 is 17.4 Å². The van der Waals surface area contributed by atoms with Crippen LogP contribution in [0.1, 0.15) is 19.8 Å². The number of esters is 2. The van der Waals surface area contributed by atoms with Crippen molar-refractivity contribution in [2.24, 2.45) is 5.41 Å². The smallest absolute Gasteiger partial charge is 0.324 e. The average molecular weight is 226 g/mol. The molecule has 0 rings (SSSR count). The quantitative estimate of drug-likeness (QED) is 0.292. The molecule has 0 unspecified atom stereocenters. The molecule has 0 aromatic heterocycles. The zero-order valence-electron chi connectivity index (χ0n) is 9.53. The molecule has 0 N–H and O–H groups in total. The summed E-state index contributed by atoms with van der Waals surface area (Å²) in [6.45, 7) is 1.57. The molecule has 5 heteroatoms. The number of ether oxygens (including phenoxy) is 2. The largest absolute Gasteiger partial charge is 0.468 e. The van der Waals surface area contributed by atoms with Gasteiger partial charge in [0, 0.05) is 12.8 Å². The Morgan fingerprint density at radius 2 is 1.75 bits per heavy atom. The Kier molecular flexibility index (Phi) is 5.86. The normalized spacial score (nSPS) is 9.69. The maximum absolute atomic E-state index is 11.6. The van der Waals surface area contributed by atoms with Crippen LogP contribution in [0.15, 0.2) is 0 Å². The van der Waals surface area contributed by atoms with Crippen molar-refractivity contribution in [2.75, 3.05) is 14.2 Å². The third-order valence-corrected chi connectivity index (χ3v) is 2.15. The maximum Gasteiger partial charge on any atom is 0.324 e. The minimum absolute atomic E-state index is 0.0956. The number of aldehydes is 1. The van der Waals surface area contributed by atoms with Crippen molar-refractivity contribution in [3.05, 3.63) is 0 Å². The van der Waals surface area contributed by atoms with Gasteiger partial charge >= 0.3 is 11.9 Å². The SMILES string of the molecule is CC#CCC(CC=O)(C(=O)OC)C(=O)OC. The molecule has 16 heavy (non-hydrogen) atoms. The molecule has 0 radical (unpaired) electrons. The molecule has 0 spiro atoms. The van der Waals surface area contributed by atoms with E-state index in [0.717, 1.165) is 14.2 Å². The molecule has 0 aliphatic heterocycles. The second-order valence-corrected chi connectivity index (χ2v) is 3.04. The van der Waals surface area contributed by atoms with E-state index in [1.165, 1.54) is 0 Å². The molecule has 0 amide bonds. The fourth-order valence-electron chi connectivity index (χ4n) is 1.24. The standard InChI is InChI=1S/C11H14O5/c1-4-5-6-11(7-8-12,9(13)15-2)10(14)16-3/h8H,6-7H2,1-3H3. The molecule has 5 nitrogen and oxygen atoms in total. The lowest BCUT2D eigenvalue weighted by Crippen LogP contribution is -2.41. The van der Waals surface area contributed by atoms with Crippen LogP contribution in [0.2, 0.25) is 0 Å². The monoisotopic (exact) mass is 226 g/mol. The second-order valence-electron chi connectivity index (χ2n) is 3.04. The summed E-state index contributed by atoms with van der Waals surface area (Å²) in [6.07, 6.45) is 0.0772. The van der Waals surface area contributed by atoms with E-state index in [0.29, 0.717) is 6.29 Å². The molecule has 0 aromatic rings. The van der Waals surface area contributed by atoms with Gasteiger partial charge in [-0.15, -0.1) is 11.8 Å². The number of hydrogen-bond acceptors (Lipinski definition) is 5. The van der Waals surface area contributed by atoms with Crippen LogP contribution in [0.25, 0.3) is 0 Å². The molecule has 0 atom stereocenters. The molecule has 0 saturated heterocycles. The zero-order valence-corrected chi connectivity index (χ0v) is 9.53. The van der Waals surface area contributed by atoms with Crippen LogP contribution < -0.4 is 0 Å². The van der Waals surface area contributed by atoms with Gasteiger partial charge in [-0.3, -0.25) is 9.59 Å². The van der Waals surface area contributed by atoms with Crippen LogP contribution in [0.4, 0.5) is 0 Å². The molecular weight excluding hydrogens is 212 g/mol. The second kappa shape index (κ2) is 6.62. The fraction of sp³-hybridized carbons (Fsp3) is 0.545. The summed E-state index contributed by atoms with van der Waals surface area (Å²) in [5.74, 6) is 3.53. The molecule has 0 aliphatic carbocycles. The van der Waals surface area contributed by atoms with Gasteiger partial charge in [0.15, 0.2) is 5.41 Å². The molecule has 0 aliphatic rings. The number of methoxy groups -OCH3 is 2. The summed E-state index contributed by atoms with van der Waals surface area (Å²) in [5, 5.41) is 0. The molecule has 88 valence electrons. The number of carbonyl (C=O) groups is 3. The van der Waals surface area contributed by atoms with Crippen molar-refractivity contribution in [3.8, 4) is 11.8 Å². The molecule has 0 saturated carbocycles. The van der Waals surface area contributed by atoms with Crippen molar-refractivity contribution in [3.63, 3.8) is 0 Å². The summed E-state index contributed by atoms with van der Waals surface area (Å²) in [5.41, 5.74) is -1.64. The van der Waals surface area contributed by atoms with Gasteiger partial charge in [-0.05, 0) is 6.92 Å². The Morgan fingerprint density at radius 3 is 2.06 bits per heavy atom. The Bertz CT molecular complexity index is 318. The van der Waals surface area contributed by atoms with E-state index in [4.69, 9.17) is 0 Å². The van der Waals surface area contributed by atoms with E-state index in [-0.39, 0.29) is 12.8 Å². The van der Waals surface area contributed by atoms with Crippen LogP contribution >= 0.6 is 0 Å². The fourth-order valence-corrected chi connectivity index (χ4v) is 1.24. The predicted molar refractivity (Wildman–Crippen MR) is 55.2 cm³/mol. The summed E-state index contributed by atoms with van der Waals surface area (Å²) < 4.78 is 9.04. The summed E-state index contributed by atoms with van der Waals surface area (Å²) in [4.78, 5) is 33.7. The first-order valence-corrected chi connectivity index (χ1v) is 4.59. The average Bonchev–Trinajstić information content (AvgIpc) is 2.32. The van der Waals surface area contributed by atoms with Crippen LogP contribution in [0.3, 0.4) is 0 Å². The minimum Gasteiger partial charge on any atom is -0.468 e. The van der Waals surface area contributed by atoms with Gasteiger partial charge < -0.3 is 14.3 Å². The highest BCUT2D eigenvalue weighted by Crippen LogP contribution is 2.28. The van der Waals surface area contributed by atoms with Gasteiger partial charge in [0.25, 0.3) is 0 Å². The van der Waals surface area contributed by atoms with Crippen molar-refractivity contribution < 1.29 is 23.9 Å².